The zero-order valence-electron chi connectivity index (χ0n) is 12.8. The number of ether oxygens (including phenoxy) is 1. The van der Waals surface area contributed by atoms with E-state index < -0.39 is 0 Å². The van der Waals surface area contributed by atoms with E-state index in [0.29, 0.717) is 18.9 Å². The van der Waals surface area contributed by atoms with E-state index in [0.717, 1.165) is 28.9 Å². The van der Waals surface area contributed by atoms with Crippen molar-refractivity contribution in [2.75, 3.05) is 36.5 Å². The summed E-state index contributed by atoms with van der Waals surface area (Å²) in [6.45, 7) is 4.94. The lowest BCUT2D eigenvalue weighted by atomic mass is 10.2. The Labute approximate surface area is 143 Å². The third-order valence-electron chi connectivity index (χ3n) is 3.59. The van der Waals surface area contributed by atoms with Crippen LogP contribution in [0.5, 0.6) is 0 Å². The quantitative estimate of drug-likeness (QED) is 0.891. The van der Waals surface area contributed by atoms with Gasteiger partial charge in [0.2, 0.25) is 0 Å². The normalized spacial score (nSPS) is 14.6. The molecule has 23 heavy (non-hydrogen) atoms. The number of nitrogens with one attached hydrogen (secondary N) is 1. The molecule has 1 saturated heterocycles. The molecular weight excluding hydrogens is 360 g/mol. The van der Waals surface area contributed by atoms with Crippen LogP contribution in [0.3, 0.4) is 0 Å². The van der Waals surface area contributed by atoms with Gasteiger partial charge in [0.1, 0.15) is 0 Å². The average molecular weight is 377 g/mol. The minimum Gasteiger partial charge on any atom is -0.378 e. The van der Waals surface area contributed by atoms with Gasteiger partial charge in [0.15, 0.2) is 11.5 Å². The van der Waals surface area contributed by atoms with Gasteiger partial charge in [0.05, 0.1) is 18.9 Å². The van der Waals surface area contributed by atoms with E-state index in [9.17, 15) is 4.79 Å². The molecule has 0 radical (unpaired) electrons. The van der Waals surface area contributed by atoms with Gasteiger partial charge in [-0.05, 0) is 52.7 Å². The van der Waals surface area contributed by atoms with Gasteiger partial charge in [-0.1, -0.05) is 6.07 Å². The summed E-state index contributed by atoms with van der Waals surface area (Å²) in [6, 6.07) is 9.25. The molecule has 6 nitrogen and oxygen atoms in total. The highest BCUT2D eigenvalue weighted by Crippen LogP contribution is 2.23. The first-order valence-electron chi connectivity index (χ1n) is 7.37. The zero-order valence-corrected chi connectivity index (χ0v) is 14.3. The largest absolute Gasteiger partial charge is 0.378 e. The topological polar surface area (TPSA) is 67.4 Å². The van der Waals surface area contributed by atoms with E-state index in [2.05, 4.69) is 36.3 Å². The molecule has 1 aliphatic rings. The van der Waals surface area contributed by atoms with E-state index in [-0.39, 0.29) is 11.6 Å². The van der Waals surface area contributed by atoms with Crippen molar-refractivity contribution in [1.29, 1.82) is 0 Å². The molecule has 0 unspecified atom stereocenters. The average Bonchev–Trinajstić information content (AvgIpc) is 2.58. The Balaban J connectivity index is 1.69. The molecule has 0 saturated carbocycles. The maximum absolute atomic E-state index is 12.3. The molecule has 1 amide bonds. The van der Waals surface area contributed by atoms with Crippen molar-refractivity contribution in [3.63, 3.8) is 0 Å². The Morgan fingerprint density at radius 1 is 1.22 bits per heavy atom. The van der Waals surface area contributed by atoms with Gasteiger partial charge in [-0.3, -0.25) is 4.79 Å². The fourth-order valence-electron chi connectivity index (χ4n) is 2.32. The summed E-state index contributed by atoms with van der Waals surface area (Å²) in [5.41, 5.74) is 2.11. The summed E-state index contributed by atoms with van der Waals surface area (Å²) in [5.74, 6) is 0.483. The van der Waals surface area contributed by atoms with Crippen LogP contribution in [0.4, 0.5) is 11.5 Å². The fraction of sp³-hybridized carbons (Fsp3) is 0.312. The third-order valence-corrected chi connectivity index (χ3v) is 4.25. The van der Waals surface area contributed by atoms with Crippen LogP contribution >= 0.6 is 15.9 Å². The molecule has 7 heteroatoms. The second kappa shape index (κ2) is 7.06. The Hall–Kier alpha value is -1.99. The first kappa shape index (κ1) is 15.9. The molecule has 0 spiro atoms. The summed E-state index contributed by atoms with van der Waals surface area (Å²) in [5, 5.41) is 11.0. The number of carbonyl (C=O) groups is 1. The van der Waals surface area contributed by atoms with Crippen molar-refractivity contribution < 1.29 is 9.53 Å². The molecule has 1 aromatic carbocycles. The van der Waals surface area contributed by atoms with E-state index in [1.807, 2.05) is 31.2 Å². The van der Waals surface area contributed by atoms with Crippen LogP contribution in [0, 0.1) is 6.92 Å². The van der Waals surface area contributed by atoms with Crippen LogP contribution in [0.15, 0.2) is 34.8 Å². The smallest absolute Gasteiger partial charge is 0.276 e. The molecule has 1 aliphatic heterocycles. The number of benzene rings is 1. The van der Waals surface area contributed by atoms with Crippen LogP contribution in [-0.2, 0) is 4.74 Å². The second-order valence-corrected chi connectivity index (χ2v) is 6.17. The Morgan fingerprint density at radius 2 is 2.00 bits per heavy atom. The number of aryl methyl sites for hydroxylation is 1. The highest BCUT2D eigenvalue weighted by atomic mass is 79.9. The number of amides is 1. The molecule has 1 aromatic heterocycles. The van der Waals surface area contributed by atoms with E-state index in [1.54, 1.807) is 6.07 Å². The Bertz CT molecular complexity index is 700. The number of hydrogen-bond acceptors (Lipinski definition) is 5. The highest BCUT2D eigenvalue weighted by Gasteiger charge is 2.15. The lowest BCUT2D eigenvalue weighted by molar-refractivity contribution is 0.102. The molecular formula is C16H17BrN4O2. The minimum absolute atomic E-state index is 0.282. The SMILES string of the molecule is Cc1ccc(NC(=O)c2ccc(N3CCOCC3)nn2)c(Br)c1. The number of halogens is 1. The van der Waals surface area contributed by atoms with Gasteiger partial charge < -0.3 is 15.0 Å². The van der Waals surface area contributed by atoms with E-state index >= 15 is 0 Å². The standard InChI is InChI=1S/C16H17BrN4O2/c1-11-2-3-13(12(17)10-11)18-16(22)14-4-5-15(20-19-14)21-6-8-23-9-7-21/h2-5,10H,6-9H2,1H3,(H,18,22). The second-order valence-electron chi connectivity index (χ2n) is 5.31. The molecule has 1 N–H and O–H groups in total. The molecule has 0 bridgehead atoms. The molecule has 1 fully saturated rings. The number of carbonyl (C=O) groups excluding carboxylic acids is 1. The maximum Gasteiger partial charge on any atom is 0.276 e. The van der Waals surface area contributed by atoms with Crippen LogP contribution < -0.4 is 10.2 Å². The highest BCUT2D eigenvalue weighted by molar-refractivity contribution is 9.10. The Morgan fingerprint density at radius 3 is 2.65 bits per heavy atom. The Kier molecular flexibility index (Phi) is 4.88. The van der Waals surface area contributed by atoms with Gasteiger partial charge in [-0.15, -0.1) is 10.2 Å². The molecule has 2 heterocycles. The maximum atomic E-state index is 12.3. The van der Waals surface area contributed by atoms with E-state index in [1.165, 1.54) is 0 Å². The van der Waals surface area contributed by atoms with Gasteiger partial charge >= 0.3 is 0 Å². The molecule has 0 aliphatic carbocycles. The summed E-state index contributed by atoms with van der Waals surface area (Å²) in [4.78, 5) is 14.4. The van der Waals surface area contributed by atoms with Crippen molar-refractivity contribution in [1.82, 2.24) is 10.2 Å². The van der Waals surface area contributed by atoms with Crippen LogP contribution in [0.1, 0.15) is 16.1 Å². The predicted molar refractivity (Wildman–Crippen MR) is 91.9 cm³/mol. The van der Waals surface area contributed by atoms with Crippen LogP contribution in [0.2, 0.25) is 0 Å². The van der Waals surface area contributed by atoms with Crippen molar-refractivity contribution >= 4 is 33.3 Å². The molecule has 2 aromatic rings. The van der Waals surface area contributed by atoms with Gasteiger partial charge in [-0.25, -0.2) is 0 Å². The number of nitrogens with zero attached hydrogens (tertiary/aromatic N) is 3. The monoisotopic (exact) mass is 376 g/mol. The number of aromatic nitrogens is 2. The van der Waals surface area contributed by atoms with Crippen LogP contribution in [-0.4, -0.2) is 42.4 Å². The fourth-order valence-corrected chi connectivity index (χ4v) is 2.91. The number of rotatable bonds is 3. The summed E-state index contributed by atoms with van der Waals surface area (Å²) >= 11 is 3.44. The first-order chi connectivity index (χ1) is 11.1. The van der Waals surface area contributed by atoms with Gasteiger partial charge in [0.25, 0.3) is 5.91 Å². The first-order valence-corrected chi connectivity index (χ1v) is 8.17. The van der Waals surface area contributed by atoms with Gasteiger partial charge in [-0.2, -0.15) is 0 Å². The van der Waals surface area contributed by atoms with Gasteiger partial charge in [0, 0.05) is 17.6 Å². The minimum atomic E-state index is -0.282. The number of anilines is 2. The zero-order chi connectivity index (χ0) is 16.2. The van der Waals surface area contributed by atoms with Crippen molar-refractivity contribution in [3.8, 4) is 0 Å². The lowest BCUT2D eigenvalue weighted by Gasteiger charge is -2.27. The van der Waals surface area contributed by atoms with Crippen molar-refractivity contribution in [2.45, 2.75) is 6.92 Å². The number of hydrogen-bond donors (Lipinski definition) is 1. The number of morpholine rings is 1. The van der Waals surface area contributed by atoms with Crippen molar-refractivity contribution in [3.05, 3.63) is 46.1 Å². The van der Waals surface area contributed by atoms with Crippen LogP contribution in [0.25, 0.3) is 0 Å². The lowest BCUT2D eigenvalue weighted by Crippen LogP contribution is -2.37. The molecule has 3 rings (SSSR count). The predicted octanol–water partition coefficient (Wildman–Crippen LogP) is 2.64. The third kappa shape index (κ3) is 3.86. The van der Waals surface area contributed by atoms with Crippen molar-refractivity contribution in [2.24, 2.45) is 0 Å². The van der Waals surface area contributed by atoms with E-state index in [4.69, 9.17) is 4.74 Å². The summed E-state index contributed by atoms with van der Waals surface area (Å²) in [7, 11) is 0. The summed E-state index contributed by atoms with van der Waals surface area (Å²) in [6.07, 6.45) is 0. The summed E-state index contributed by atoms with van der Waals surface area (Å²) < 4.78 is 6.15. The molecule has 0 atom stereocenters. The molecule has 120 valence electrons.